The molecule has 2 amide bonds. The topological polar surface area (TPSA) is 70.1 Å². The Morgan fingerprint density at radius 3 is 2.86 bits per heavy atom. The van der Waals surface area contributed by atoms with E-state index in [2.05, 4.69) is 38.7 Å². The summed E-state index contributed by atoms with van der Waals surface area (Å²) >= 11 is 3.11. The number of nitrogens with zero attached hydrogens (tertiary/aromatic N) is 3. The first-order chi connectivity index (χ1) is 10.6. The number of carbonyl (C=O) groups is 1. The van der Waals surface area contributed by atoms with Crippen LogP contribution in [0.1, 0.15) is 29.3 Å². The van der Waals surface area contributed by atoms with Crippen LogP contribution in [-0.2, 0) is 6.42 Å². The number of anilines is 1. The molecule has 2 rings (SSSR count). The molecule has 2 aromatic heterocycles. The fraction of sp³-hybridized carbons (Fsp3) is 0.500. The van der Waals surface area contributed by atoms with E-state index >= 15 is 0 Å². The molecular weight excluding hydrogens is 318 g/mol. The van der Waals surface area contributed by atoms with Gasteiger partial charge >= 0.3 is 6.03 Å². The minimum Gasteiger partial charge on any atom is -0.336 e. The SMILES string of the molecule is CCCc1nnc(NC(=O)NCC(c2cccs2)N(C)C)s1. The molecular formula is C14H21N5OS2. The number of likely N-dealkylation sites (N-methyl/N-ethyl adjacent to an activating group) is 1. The maximum atomic E-state index is 12.0. The first kappa shape index (κ1) is 16.9. The second kappa shape index (κ2) is 8.21. The maximum Gasteiger partial charge on any atom is 0.321 e. The lowest BCUT2D eigenvalue weighted by molar-refractivity contribution is 0.244. The predicted octanol–water partition coefficient (Wildman–Crippen LogP) is 2.98. The third-order valence-corrected chi connectivity index (χ3v) is 4.97. The Bertz CT molecular complexity index is 582. The molecule has 1 unspecified atom stereocenters. The first-order valence-corrected chi connectivity index (χ1v) is 8.86. The van der Waals surface area contributed by atoms with E-state index in [0.717, 1.165) is 17.8 Å². The molecule has 0 aromatic carbocycles. The summed E-state index contributed by atoms with van der Waals surface area (Å²) in [7, 11) is 4.01. The van der Waals surface area contributed by atoms with Gasteiger partial charge in [-0.15, -0.1) is 21.5 Å². The van der Waals surface area contributed by atoms with E-state index in [1.807, 2.05) is 25.5 Å². The van der Waals surface area contributed by atoms with Crippen LogP contribution in [0.3, 0.4) is 0 Å². The number of hydrogen-bond donors (Lipinski definition) is 2. The number of aryl methyl sites for hydroxylation is 1. The second-order valence-corrected chi connectivity index (χ2v) is 7.12. The summed E-state index contributed by atoms with van der Waals surface area (Å²) in [5, 5.41) is 17.2. The Morgan fingerprint density at radius 2 is 2.23 bits per heavy atom. The van der Waals surface area contributed by atoms with Gasteiger partial charge in [0, 0.05) is 17.8 Å². The molecule has 0 aliphatic rings. The summed E-state index contributed by atoms with van der Waals surface area (Å²) in [6.07, 6.45) is 1.91. The molecule has 0 saturated carbocycles. The van der Waals surface area contributed by atoms with Crippen molar-refractivity contribution in [2.24, 2.45) is 0 Å². The molecule has 2 N–H and O–H groups in total. The first-order valence-electron chi connectivity index (χ1n) is 7.17. The molecule has 2 heterocycles. The van der Waals surface area contributed by atoms with Crippen LogP contribution < -0.4 is 10.6 Å². The highest BCUT2D eigenvalue weighted by Gasteiger charge is 2.16. The van der Waals surface area contributed by atoms with E-state index in [1.165, 1.54) is 16.2 Å². The number of thiophene rings is 1. The number of amides is 2. The minimum absolute atomic E-state index is 0.163. The number of carbonyl (C=O) groups excluding carboxylic acids is 1. The average molecular weight is 339 g/mol. The van der Waals surface area contributed by atoms with Crippen LogP contribution in [0.25, 0.3) is 0 Å². The third-order valence-electron chi connectivity index (χ3n) is 3.10. The van der Waals surface area contributed by atoms with Crippen molar-refractivity contribution in [2.75, 3.05) is 26.0 Å². The fourth-order valence-electron chi connectivity index (χ4n) is 1.97. The molecule has 0 bridgehead atoms. The Hall–Kier alpha value is -1.51. The standard InChI is InChI=1S/C14H21N5OS2/c1-4-6-12-17-18-14(22-12)16-13(20)15-9-10(19(2)3)11-7-5-8-21-11/h5,7-8,10H,4,6,9H2,1-3H3,(H2,15,16,18,20). The van der Waals surface area contributed by atoms with E-state index in [-0.39, 0.29) is 12.1 Å². The van der Waals surface area contributed by atoms with Crippen molar-refractivity contribution in [1.82, 2.24) is 20.4 Å². The van der Waals surface area contributed by atoms with Crippen LogP contribution in [0, 0.1) is 0 Å². The Labute approximate surface area is 138 Å². The molecule has 120 valence electrons. The minimum atomic E-state index is -0.248. The summed E-state index contributed by atoms with van der Waals surface area (Å²) in [6, 6.07) is 4.02. The van der Waals surface area contributed by atoms with E-state index < -0.39 is 0 Å². The molecule has 0 fully saturated rings. The van der Waals surface area contributed by atoms with Crippen LogP contribution in [0.15, 0.2) is 17.5 Å². The molecule has 6 nitrogen and oxygen atoms in total. The predicted molar refractivity (Wildman–Crippen MR) is 91.7 cm³/mol. The average Bonchev–Trinajstić information content (AvgIpc) is 3.11. The molecule has 8 heteroatoms. The third kappa shape index (κ3) is 4.75. The summed E-state index contributed by atoms with van der Waals surface area (Å²) < 4.78 is 0. The van der Waals surface area contributed by atoms with Crippen molar-refractivity contribution in [2.45, 2.75) is 25.8 Å². The highest BCUT2D eigenvalue weighted by Crippen LogP contribution is 2.22. The van der Waals surface area contributed by atoms with Crippen molar-refractivity contribution in [3.8, 4) is 0 Å². The van der Waals surface area contributed by atoms with Crippen molar-refractivity contribution in [3.63, 3.8) is 0 Å². The molecule has 2 aromatic rings. The quantitative estimate of drug-likeness (QED) is 0.813. The van der Waals surface area contributed by atoms with Gasteiger partial charge in [0.1, 0.15) is 5.01 Å². The monoisotopic (exact) mass is 339 g/mol. The molecule has 0 saturated heterocycles. The van der Waals surface area contributed by atoms with Gasteiger partial charge < -0.3 is 10.2 Å². The van der Waals surface area contributed by atoms with E-state index in [1.54, 1.807) is 11.3 Å². The van der Waals surface area contributed by atoms with Gasteiger partial charge in [0.25, 0.3) is 0 Å². The smallest absolute Gasteiger partial charge is 0.321 e. The molecule has 0 spiro atoms. The maximum absolute atomic E-state index is 12.0. The summed E-state index contributed by atoms with van der Waals surface area (Å²) in [6.45, 7) is 2.63. The van der Waals surface area contributed by atoms with E-state index in [9.17, 15) is 4.79 Å². The molecule has 0 aliphatic carbocycles. The van der Waals surface area contributed by atoms with Gasteiger partial charge in [0.05, 0.1) is 6.04 Å². The zero-order valence-corrected chi connectivity index (χ0v) is 14.6. The number of nitrogens with one attached hydrogen (secondary N) is 2. The largest absolute Gasteiger partial charge is 0.336 e. The van der Waals surface area contributed by atoms with Crippen LogP contribution in [0.5, 0.6) is 0 Å². The van der Waals surface area contributed by atoms with Crippen LogP contribution >= 0.6 is 22.7 Å². The summed E-state index contributed by atoms with van der Waals surface area (Å²) in [5.41, 5.74) is 0. The Balaban J connectivity index is 1.85. The number of hydrogen-bond acceptors (Lipinski definition) is 6. The lowest BCUT2D eigenvalue weighted by Crippen LogP contribution is -2.36. The Morgan fingerprint density at radius 1 is 1.41 bits per heavy atom. The van der Waals surface area contributed by atoms with Crippen molar-refractivity contribution >= 4 is 33.8 Å². The van der Waals surface area contributed by atoms with Gasteiger partial charge in [0.15, 0.2) is 0 Å². The van der Waals surface area contributed by atoms with Gasteiger partial charge in [-0.1, -0.05) is 24.3 Å². The second-order valence-electron chi connectivity index (χ2n) is 5.08. The van der Waals surface area contributed by atoms with E-state index in [0.29, 0.717) is 11.7 Å². The molecule has 0 aliphatic heterocycles. The highest BCUT2D eigenvalue weighted by atomic mass is 32.1. The van der Waals surface area contributed by atoms with Gasteiger partial charge in [0.2, 0.25) is 5.13 Å². The number of rotatable bonds is 7. The summed E-state index contributed by atoms with van der Waals surface area (Å²) in [5.74, 6) is 0. The van der Waals surface area contributed by atoms with Crippen LogP contribution in [0.4, 0.5) is 9.93 Å². The van der Waals surface area contributed by atoms with Crippen LogP contribution in [0.2, 0.25) is 0 Å². The molecule has 1 atom stereocenters. The van der Waals surface area contributed by atoms with Crippen molar-refractivity contribution in [1.29, 1.82) is 0 Å². The van der Waals surface area contributed by atoms with Gasteiger partial charge in [-0.2, -0.15) is 0 Å². The summed E-state index contributed by atoms with van der Waals surface area (Å²) in [4.78, 5) is 15.3. The number of urea groups is 1. The number of aromatic nitrogens is 2. The molecule has 22 heavy (non-hydrogen) atoms. The highest BCUT2D eigenvalue weighted by molar-refractivity contribution is 7.15. The molecule has 0 radical (unpaired) electrons. The van der Waals surface area contributed by atoms with Crippen molar-refractivity contribution in [3.05, 3.63) is 27.4 Å². The van der Waals surface area contributed by atoms with Crippen LogP contribution in [-0.4, -0.2) is 41.8 Å². The van der Waals surface area contributed by atoms with Gasteiger partial charge in [-0.25, -0.2) is 4.79 Å². The lowest BCUT2D eigenvalue weighted by Gasteiger charge is -2.23. The Kier molecular flexibility index (Phi) is 6.29. The fourth-order valence-corrected chi connectivity index (χ4v) is 3.73. The zero-order chi connectivity index (χ0) is 15.9. The normalized spacial score (nSPS) is 12.4. The lowest BCUT2D eigenvalue weighted by atomic mass is 10.2. The van der Waals surface area contributed by atoms with Gasteiger partial charge in [-0.3, -0.25) is 5.32 Å². The van der Waals surface area contributed by atoms with E-state index in [4.69, 9.17) is 0 Å². The van der Waals surface area contributed by atoms with Crippen molar-refractivity contribution < 1.29 is 4.79 Å². The van der Waals surface area contributed by atoms with Gasteiger partial charge in [-0.05, 0) is 32.0 Å². The zero-order valence-electron chi connectivity index (χ0n) is 13.0.